The lowest BCUT2D eigenvalue weighted by Crippen LogP contribution is -2.04. The normalized spacial score (nSPS) is 11.2. The molecule has 0 amide bonds. The first-order valence-corrected chi connectivity index (χ1v) is 7.66. The summed E-state index contributed by atoms with van der Waals surface area (Å²) in [5.41, 5.74) is 8.02. The van der Waals surface area contributed by atoms with Crippen LogP contribution in [-0.2, 0) is 6.54 Å². The minimum Gasteiger partial charge on any atom is -0.369 e. The highest BCUT2D eigenvalue weighted by molar-refractivity contribution is 9.10. The summed E-state index contributed by atoms with van der Waals surface area (Å²) < 4.78 is 3.13. The van der Waals surface area contributed by atoms with E-state index >= 15 is 0 Å². The van der Waals surface area contributed by atoms with Gasteiger partial charge in [-0.05, 0) is 36.1 Å². The van der Waals surface area contributed by atoms with E-state index in [1.165, 1.54) is 11.5 Å². The number of aromatic nitrogens is 2. The lowest BCUT2D eigenvalue weighted by molar-refractivity contribution is 0.712. The third-order valence-corrected chi connectivity index (χ3v) is 4.09. The highest BCUT2D eigenvalue weighted by Gasteiger charge is 2.07. The fraction of sp³-hybridized carbons (Fsp3) is 0.417. The number of halogens is 1. The van der Waals surface area contributed by atoms with Crippen LogP contribution in [0.4, 0.5) is 5.95 Å². The summed E-state index contributed by atoms with van der Waals surface area (Å²) >= 11 is 5.41. The van der Waals surface area contributed by atoms with Crippen LogP contribution in [0.2, 0.25) is 0 Å². The fourth-order valence-electron chi connectivity index (χ4n) is 1.83. The van der Waals surface area contributed by atoms with Gasteiger partial charge in [0.1, 0.15) is 0 Å². The second kappa shape index (κ2) is 5.78. The molecule has 92 valence electrons. The van der Waals surface area contributed by atoms with Crippen molar-refractivity contribution in [2.45, 2.75) is 19.9 Å². The van der Waals surface area contributed by atoms with Gasteiger partial charge < -0.3 is 10.3 Å². The highest BCUT2D eigenvalue weighted by Crippen LogP contribution is 2.22. The van der Waals surface area contributed by atoms with Crippen molar-refractivity contribution in [2.24, 2.45) is 0 Å². The smallest absolute Gasteiger partial charge is 0.201 e. The van der Waals surface area contributed by atoms with Gasteiger partial charge in [-0.2, -0.15) is 11.8 Å². The van der Waals surface area contributed by atoms with Gasteiger partial charge in [0.05, 0.1) is 11.0 Å². The summed E-state index contributed by atoms with van der Waals surface area (Å²) in [4.78, 5) is 4.38. The zero-order chi connectivity index (χ0) is 12.3. The van der Waals surface area contributed by atoms with Gasteiger partial charge in [0.15, 0.2) is 0 Å². The fourth-order valence-corrected chi connectivity index (χ4v) is 2.80. The van der Waals surface area contributed by atoms with Crippen LogP contribution in [0.15, 0.2) is 22.7 Å². The first-order valence-electron chi connectivity index (χ1n) is 5.71. The summed E-state index contributed by atoms with van der Waals surface area (Å²) in [7, 11) is 0. The molecule has 0 atom stereocenters. The molecule has 0 spiro atoms. The number of nitrogens with zero attached hydrogens (tertiary/aromatic N) is 2. The Morgan fingerprint density at radius 2 is 2.29 bits per heavy atom. The van der Waals surface area contributed by atoms with Crippen molar-refractivity contribution >= 4 is 44.7 Å². The van der Waals surface area contributed by atoms with Crippen LogP contribution >= 0.6 is 27.7 Å². The predicted octanol–water partition coefficient (Wildman–Crippen LogP) is 3.52. The van der Waals surface area contributed by atoms with Crippen molar-refractivity contribution in [1.29, 1.82) is 0 Å². The van der Waals surface area contributed by atoms with E-state index in [-0.39, 0.29) is 0 Å². The molecule has 0 aliphatic carbocycles. The Bertz CT molecular complexity index is 510. The van der Waals surface area contributed by atoms with Gasteiger partial charge in [-0.3, -0.25) is 0 Å². The Labute approximate surface area is 114 Å². The average Bonchev–Trinajstić information content (AvgIpc) is 2.60. The molecule has 1 aromatic carbocycles. The molecule has 0 unspecified atom stereocenters. The van der Waals surface area contributed by atoms with Crippen LogP contribution in [0.1, 0.15) is 13.3 Å². The minimum atomic E-state index is 0.611. The van der Waals surface area contributed by atoms with Gasteiger partial charge in [-0.1, -0.05) is 22.9 Å². The number of anilines is 1. The maximum absolute atomic E-state index is 5.95. The van der Waals surface area contributed by atoms with Gasteiger partial charge >= 0.3 is 0 Å². The quantitative estimate of drug-likeness (QED) is 0.859. The summed E-state index contributed by atoms with van der Waals surface area (Å²) in [6.07, 6.45) is 1.13. The van der Waals surface area contributed by atoms with Gasteiger partial charge in [0, 0.05) is 11.0 Å². The largest absolute Gasteiger partial charge is 0.369 e. The first-order chi connectivity index (χ1) is 8.22. The Morgan fingerprint density at radius 1 is 1.47 bits per heavy atom. The minimum absolute atomic E-state index is 0.611. The molecule has 17 heavy (non-hydrogen) atoms. The van der Waals surface area contributed by atoms with E-state index in [1.807, 2.05) is 23.9 Å². The Balaban J connectivity index is 2.18. The molecule has 2 rings (SSSR count). The molecule has 0 radical (unpaired) electrons. The van der Waals surface area contributed by atoms with Crippen LogP contribution in [-0.4, -0.2) is 21.1 Å². The molecular weight excluding hydrogens is 298 g/mol. The van der Waals surface area contributed by atoms with E-state index in [4.69, 9.17) is 5.73 Å². The van der Waals surface area contributed by atoms with Crippen molar-refractivity contribution < 1.29 is 0 Å². The average molecular weight is 314 g/mol. The Hall–Kier alpha value is -0.680. The lowest BCUT2D eigenvalue weighted by atomic mass is 10.3. The zero-order valence-electron chi connectivity index (χ0n) is 9.82. The van der Waals surface area contributed by atoms with Crippen LogP contribution in [0.25, 0.3) is 11.0 Å². The molecule has 0 fully saturated rings. The number of hydrogen-bond donors (Lipinski definition) is 1. The standard InChI is InChI=1S/C12H16BrN3S/c1-2-17-7-3-6-16-11-5-4-9(13)8-10(11)15-12(16)14/h4-5,8H,2-3,6-7H2,1H3,(H2,14,15). The van der Waals surface area contributed by atoms with Crippen molar-refractivity contribution in [3.05, 3.63) is 22.7 Å². The zero-order valence-corrected chi connectivity index (χ0v) is 12.2. The lowest BCUT2D eigenvalue weighted by Gasteiger charge is -2.05. The monoisotopic (exact) mass is 313 g/mol. The van der Waals surface area contributed by atoms with Crippen molar-refractivity contribution in [3.8, 4) is 0 Å². The summed E-state index contributed by atoms with van der Waals surface area (Å²) in [5, 5.41) is 0. The van der Waals surface area contributed by atoms with E-state index in [2.05, 4.69) is 38.5 Å². The number of imidazole rings is 1. The van der Waals surface area contributed by atoms with E-state index in [1.54, 1.807) is 0 Å². The summed E-state index contributed by atoms with van der Waals surface area (Å²) in [5.74, 6) is 2.96. The number of fused-ring (bicyclic) bond motifs is 1. The van der Waals surface area contributed by atoms with Gasteiger partial charge in [-0.25, -0.2) is 4.98 Å². The number of hydrogen-bond acceptors (Lipinski definition) is 3. The number of thioether (sulfide) groups is 1. The van der Waals surface area contributed by atoms with Crippen LogP contribution in [0.3, 0.4) is 0 Å². The summed E-state index contributed by atoms with van der Waals surface area (Å²) in [6, 6.07) is 6.10. The van der Waals surface area contributed by atoms with Gasteiger partial charge in [-0.15, -0.1) is 0 Å². The number of aryl methyl sites for hydroxylation is 1. The van der Waals surface area contributed by atoms with Crippen molar-refractivity contribution in [2.75, 3.05) is 17.2 Å². The number of benzene rings is 1. The molecule has 2 N–H and O–H groups in total. The van der Waals surface area contributed by atoms with E-state index in [0.29, 0.717) is 5.95 Å². The second-order valence-corrected chi connectivity index (χ2v) is 6.11. The third-order valence-electron chi connectivity index (χ3n) is 2.61. The third kappa shape index (κ3) is 2.96. The second-order valence-electron chi connectivity index (χ2n) is 3.81. The molecule has 0 saturated heterocycles. The van der Waals surface area contributed by atoms with Crippen molar-refractivity contribution in [3.63, 3.8) is 0 Å². The molecule has 1 aromatic heterocycles. The molecule has 0 bridgehead atoms. The molecule has 3 nitrogen and oxygen atoms in total. The van der Waals surface area contributed by atoms with Crippen LogP contribution in [0, 0.1) is 0 Å². The topological polar surface area (TPSA) is 43.8 Å². The Kier molecular flexibility index (Phi) is 4.34. The Morgan fingerprint density at radius 3 is 3.06 bits per heavy atom. The van der Waals surface area contributed by atoms with Gasteiger partial charge in [0.25, 0.3) is 0 Å². The molecule has 0 aliphatic heterocycles. The van der Waals surface area contributed by atoms with Crippen molar-refractivity contribution in [1.82, 2.24) is 9.55 Å². The maximum Gasteiger partial charge on any atom is 0.201 e. The molecule has 0 aliphatic rings. The van der Waals surface area contributed by atoms with Crippen LogP contribution < -0.4 is 5.73 Å². The first kappa shape index (κ1) is 12.8. The SMILES string of the molecule is CCSCCCn1c(N)nc2cc(Br)ccc21. The van der Waals surface area contributed by atoms with E-state index < -0.39 is 0 Å². The van der Waals surface area contributed by atoms with Gasteiger partial charge in [0.2, 0.25) is 5.95 Å². The molecule has 0 saturated carbocycles. The number of nitrogens with two attached hydrogens (primary N) is 1. The number of nitrogen functional groups attached to an aromatic ring is 1. The van der Waals surface area contributed by atoms with Crippen LogP contribution in [0.5, 0.6) is 0 Å². The molecule has 1 heterocycles. The molecular formula is C12H16BrN3S. The molecule has 2 aromatic rings. The number of rotatable bonds is 5. The summed E-state index contributed by atoms with van der Waals surface area (Å²) in [6.45, 7) is 3.13. The molecule has 5 heteroatoms. The van der Waals surface area contributed by atoms with E-state index in [9.17, 15) is 0 Å². The predicted molar refractivity (Wildman–Crippen MR) is 79.5 cm³/mol. The maximum atomic E-state index is 5.95. The van der Waals surface area contributed by atoms with E-state index in [0.717, 1.165) is 28.5 Å². The highest BCUT2D eigenvalue weighted by atomic mass is 79.9.